The summed E-state index contributed by atoms with van der Waals surface area (Å²) in [7, 11) is 2.24. The van der Waals surface area contributed by atoms with Gasteiger partial charge in [0.1, 0.15) is 17.7 Å². The molecule has 1 aromatic carbocycles. The molecular weight excluding hydrogens is 302 g/mol. The van der Waals surface area contributed by atoms with Gasteiger partial charge in [0.2, 0.25) is 0 Å². The first kappa shape index (κ1) is 15.7. The summed E-state index contributed by atoms with van der Waals surface area (Å²) in [5, 5.41) is 1.09. The van der Waals surface area contributed by atoms with Gasteiger partial charge in [-0.1, -0.05) is 12.1 Å². The van der Waals surface area contributed by atoms with E-state index in [1.54, 1.807) is 4.90 Å². The molecule has 2 saturated heterocycles. The number of para-hydroxylation sites is 1. The molecule has 2 aliphatic heterocycles. The molecule has 0 spiro atoms. The molecule has 0 bridgehead atoms. The molecule has 0 aliphatic carbocycles. The average molecular weight is 329 g/mol. The van der Waals surface area contributed by atoms with Crippen molar-refractivity contribution in [3.63, 3.8) is 0 Å². The van der Waals surface area contributed by atoms with Crippen molar-refractivity contribution in [2.45, 2.75) is 19.4 Å². The van der Waals surface area contributed by atoms with Crippen LogP contribution in [0.5, 0.6) is 0 Å². The lowest BCUT2D eigenvalue weighted by Gasteiger charge is -2.33. The Balaban J connectivity index is 1.81. The first-order valence-electron chi connectivity index (χ1n) is 9.17. The summed E-state index contributed by atoms with van der Waals surface area (Å²) in [6.07, 6.45) is 2.53. The van der Waals surface area contributed by atoms with Crippen LogP contribution < -0.4 is 20.3 Å². The summed E-state index contributed by atoms with van der Waals surface area (Å²) in [5.41, 5.74) is 2.58. The summed E-state index contributed by atoms with van der Waals surface area (Å²) < 4.78 is 5.65. The molecule has 0 unspecified atom stereocenters. The second-order valence-corrected chi connectivity index (χ2v) is 7.29. The fourth-order valence-corrected chi connectivity index (χ4v) is 4.10. The number of likely N-dealkylation sites (tertiary alicyclic amines) is 1. The van der Waals surface area contributed by atoms with Gasteiger partial charge >= 0.3 is 5.63 Å². The van der Waals surface area contributed by atoms with Crippen LogP contribution in [-0.2, 0) is 6.54 Å². The van der Waals surface area contributed by atoms with E-state index in [9.17, 15) is 4.79 Å². The highest BCUT2D eigenvalue weighted by Gasteiger charge is 2.27. The largest absolute Gasteiger partial charge is 0.422 e. The highest BCUT2D eigenvalue weighted by Crippen LogP contribution is 2.28. The highest BCUT2D eigenvalue weighted by atomic mass is 16.4. The van der Waals surface area contributed by atoms with Gasteiger partial charge in [-0.3, -0.25) is 0 Å². The molecule has 5 nitrogen and oxygen atoms in total. The number of benzene rings is 1. The second kappa shape index (κ2) is 6.57. The van der Waals surface area contributed by atoms with E-state index in [1.807, 2.05) is 18.2 Å². The van der Waals surface area contributed by atoms with Crippen LogP contribution >= 0.6 is 0 Å². The third-order valence-corrected chi connectivity index (χ3v) is 5.55. The minimum atomic E-state index is -0.144. The van der Waals surface area contributed by atoms with E-state index in [1.165, 1.54) is 30.8 Å². The van der Waals surface area contributed by atoms with Crippen molar-refractivity contribution in [1.82, 2.24) is 0 Å². The minimum Gasteiger partial charge on any atom is -0.422 e. The second-order valence-electron chi connectivity index (χ2n) is 7.29. The fraction of sp³-hybridized carbons (Fsp3) is 0.526. The van der Waals surface area contributed by atoms with Gasteiger partial charge in [-0.15, -0.1) is 0 Å². The van der Waals surface area contributed by atoms with Crippen molar-refractivity contribution in [3.8, 4) is 0 Å². The maximum absolute atomic E-state index is 12.7. The SMILES string of the molecule is C[NH+]1CCN(c2c(C[NH+]3CCCC3)c(=O)oc3ccccc23)CC1. The zero-order valence-corrected chi connectivity index (χ0v) is 14.4. The molecule has 0 amide bonds. The number of fused-ring (bicyclic) bond motifs is 1. The van der Waals surface area contributed by atoms with Gasteiger partial charge in [0.25, 0.3) is 0 Å². The van der Waals surface area contributed by atoms with E-state index < -0.39 is 0 Å². The highest BCUT2D eigenvalue weighted by molar-refractivity contribution is 5.91. The average Bonchev–Trinajstić information content (AvgIpc) is 3.10. The number of piperazine rings is 1. The zero-order valence-electron chi connectivity index (χ0n) is 14.4. The van der Waals surface area contributed by atoms with Crippen molar-refractivity contribution in [3.05, 3.63) is 40.2 Å². The standard InChI is InChI=1S/C19H25N3O2/c1-20-10-12-22(13-11-20)18-15-6-2-3-7-17(15)24-19(23)16(18)14-21-8-4-5-9-21/h2-3,6-7H,4-5,8-14H2,1H3/p+2. The van der Waals surface area contributed by atoms with Crippen LogP contribution in [0.15, 0.2) is 33.5 Å². The number of likely N-dealkylation sites (N-methyl/N-ethyl adjacent to an activating group) is 1. The van der Waals surface area contributed by atoms with Gasteiger partial charge in [-0.05, 0) is 12.1 Å². The number of hydrogen-bond donors (Lipinski definition) is 2. The number of quaternary nitrogens is 2. The number of rotatable bonds is 3. The molecule has 128 valence electrons. The maximum Gasteiger partial charge on any atom is 0.347 e. The van der Waals surface area contributed by atoms with Crippen molar-refractivity contribution < 1.29 is 14.2 Å². The van der Waals surface area contributed by atoms with Gasteiger partial charge in [0.05, 0.1) is 52.0 Å². The smallest absolute Gasteiger partial charge is 0.347 e. The predicted molar refractivity (Wildman–Crippen MR) is 95.0 cm³/mol. The molecule has 0 radical (unpaired) electrons. The lowest BCUT2D eigenvalue weighted by Crippen LogP contribution is -3.12. The van der Waals surface area contributed by atoms with Crippen LogP contribution in [-0.4, -0.2) is 46.3 Å². The Kier molecular flexibility index (Phi) is 4.29. The number of hydrogen-bond acceptors (Lipinski definition) is 3. The number of anilines is 1. The summed E-state index contributed by atoms with van der Waals surface area (Å²) in [5.74, 6) is 0. The Labute approximate surface area is 142 Å². The molecule has 5 heteroatoms. The van der Waals surface area contributed by atoms with E-state index in [2.05, 4.69) is 18.0 Å². The van der Waals surface area contributed by atoms with Crippen LogP contribution in [0, 0.1) is 0 Å². The van der Waals surface area contributed by atoms with Crippen LogP contribution in [0.25, 0.3) is 11.0 Å². The van der Waals surface area contributed by atoms with Gasteiger partial charge in [0.15, 0.2) is 0 Å². The zero-order chi connectivity index (χ0) is 16.5. The summed E-state index contributed by atoms with van der Waals surface area (Å²) in [6.45, 7) is 7.36. The fourth-order valence-electron chi connectivity index (χ4n) is 4.10. The predicted octanol–water partition coefficient (Wildman–Crippen LogP) is -0.694. The van der Waals surface area contributed by atoms with Gasteiger partial charge in [0, 0.05) is 18.2 Å². The quantitative estimate of drug-likeness (QED) is 0.733. The van der Waals surface area contributed by atoms with Crippen LogP contribution in [0.4, 0.5) is 5.69 Å². The topological polar surface area (TPSA) is 42.3 Å². The van der Waals surface area contributed by atoms with Gasteiger partial charge < -0.3 is 19.1 Å². The monoisotopic (exact) mass is 329 g/mol. The lowest BCUT2D eigenvalue weighted by molar-refractivity contribution is -0.901. The molecule has 0 saturated carbocycles. The molecule has 3 heterocycles. The Hall–Kier alpha value is -1.85. The Bertz CT molecular complexity index is 772. The number of nitrogens with zero attached hydrogens (tertiary/aromatic N) is 1. The molecule has 2 fully saturated rings. The normalized spacial score (nSPS) is 20.1. The van der Waals surface area contributed by atoms with E-state index >= 15 is 0 Å². The van der Waals surface area contributed by atoms with E-state index in [0.29, 0.717) is 5.58 Å². The molecule has 2 aromatic rings. The van der Waals surface area contributed by atoms with Crippen LogP contribution in [0.1, 0.15) is 18.4 Å². The summed E-state index contributed by atoms with van der Waals surface area (Å²) in [6, 6.07) is 7.99. The van der Waals surface area contributed by atoms with Crippen LogP contribution in [0.3, 0.4) is 0 Å². The van der Waals surface area contributed by atoms with E-state index in [0.717, 1.165) is 49.4 Å². The molecule has 4 rings (SSSR count). The van der Waals surface area contributed by atoms with Gasteiger partial charge in [-0.25, -0.2) is 4.79 Å². The molecule has 1 aromatic heterocycles. The third kappa shape index (κ3) is 2.94. The van der Waals surface area contributed by atoms with Crippen molar-refractivity contribution in [1.29, 1.82) is 0 Å². The van der Waals surface area contributed by atoms with E-state index in [-0.39, 0.29) is 5.63 Å². The summed E-state index contributed by atoms with van der Waals surface area (Å²) in [4.78, 5) is 18.2. The minimum absolute atomic E-state index is 0.144. The summed E-state index contributed by atoms with van der Waals surface area (Å²) >= 11 is 0. The van der Waals surface area contributed by atoms with Gasteiger partial charge in [-0.2, -0.15) is 0 Å². The Morgan fingerprint density at radius 1 is 1.08 bits per heavy atom. The molecule has 24 heavy (non-hydrogen) atoms. The van der Waals surface area contributed by atoms with Crippen molar-refractivity contribution in [2.24, 2.45) is 0 Å². The first-order valence-corrected chi connectivity index (χ1v) is 9.17. The molecule has 2 aliphatic rings. The Morgan fingerprint density at radius 2 is 1.79 bits per heavy atom. The van der Waals surface area contributed by atoms with Crippen molar-refractivity contribution >= 4 is 16.7 Å². The van der Waals surface area contributed by atoms with Crippen LogP contribution in [0.2, 0.25) is 0 Å². The lowest BCUT2D eigenvalue weighted by atomic mass is 10.1. The van der Waals surface area contributed by atoms with Crippen molar-refractivity contribution in [2.75, 3.05) is 51.2 Å². The molecule has 0 atom stereocenters. The van der Waals surface area contributed by atoms with E-state index in [4.69, 9.17) is 4.42 Å². The number of nitrogens with one attached hydrogen (secondary N) is 2. The maximum atomic E-state index is 12.7. The molecular formula is C19H27N3O2+2. The third-order valence-electron chi connectivity index (χ3n) is 5.55. The Morgan fingerprint density at radius 3 is 2.54 bits per heavy atom. The first-order chi connectivity index (χ1) is 11.7. The molecule has 2 N–H and O–H groups in total.